The van der Waals surface area contributed by atoms with E-state index < -0.39 is 0 Å². The summed E-state index contributed by atoms with van der Waals surface area (Å²) < 4.78 is 0. The van der Waals surface area contributed by atoms with E-state index in [0.717, 1.165) is 37.7 Å². The monoisotopic (exact) mass is 480 g/mol. The molecule has 0 spiro atoms. The van der Waals surface area contributed by atoms with Crippen LogP contribution in [0, 0.1) is 6.92 Å². The van der Waals surface area contributed by atoms with Crippen LogP contribution in [0.5, 0.6) is 0 Å². The van der Waals surface area contributed by atoms with Crippen molar-refractivity contribution in [2.75, 3.05) is 26.2 Å². The van der Waals surface area contributed by atoms with Crippen molar-refractivity contribution in [3.05, 3.63) is 106 Å². The second kappa shape index (κ2) is 13.1. The first-order valence-electron chi connectivity index (χ1n) is 10.0. The quantitative estimate of drug-likeness (QED) is 0.477. The summed E-state index contributed by atoms with van der Waals surface area (Å²) in [6, 6.07) is 28.2. The van der Waals surface area contributed by atoms with Crippen molar-refractivity contribution in [2.45, 2.75) is 19.5 Å². The van der Waals surface area contributed by atoms with E-state index in [-0.39, 0.29) is 36.3 Å². The zero-order valence-electron chi connectivity index (χ0n) is 17.7. The Hall–Kier alpha value is -1.59. The molecule has 0 saturated carbocycles. The molecule has 1 atom stereocenters. The SMILES string of the molecule is Cc1ccccc1CN1CCN(C(c2ccccc2)c2ccc(Cl)cc2)CC1.Cl.Cl.O. The highest BCUT2D eigenvalue weighted by molar-refractivity contribution is 6.30. The van der Waals surface area contributed by atoms with Gasteiger partial charge in [-0.25, -0.2) is 0 Å². The maximum absolute atomic E-state index is 6.14. The summed E-state index contributed by atoms with van der Waals surface area (Å²) in [7, 11) is 0. The van der Waals surface area contributed by atoms with Crippen molar-refractivity contribution in [2.24, 2.45) is 0 Å². The summed E-state index contributed by atoms with van der Waals surface area (Å²) in [5.41, 5.74) is 5.47. The Labute approximate surface area is 203 Å². The molecule has 0 aromatic heterocycles. The second-order valence-electron chi connectivity index (χ2n) is 7.60. The Morgan fingerprint density at radius 2 is 1.29 bits per heavy atom. The lowest BCUT2D eigenvalue weighted by Gasteiger charge is -2.40. The number of nitrogens with zero attached hydrogens (tertiary/aromatic N) is 2. The van der Waals surface area contributed by atoms with Crippen molar-refractivity contribution in [3.8, 4) is 0 Å². The van der Waals surface area contributed by atoms with Crippen molar-refractivity contribution in [1.82, 2.24) is 9.80 Å². The average molecular weight is 482 g/mol. The minimum absolute atomic E-state index is 0. The van der Waals surface area contributed by atoms with E-state index in [1.165, 1.54) is 22.3 Å². The van der Waals surface area contributed by atoms with E-state index >= 15 is 0 Å². The number of halogens is 3. The van der Waals surface area contributed by atoms with Gasteiger partial charge in [0.15, 0.2) is 0 Å². The Balaban J connectivity index is 0.00000160. The van der Waals surface area contributed by atoms with E-state index in [1.54, 1.807) is 0 Å². The topological polar surface area (TPSA) is 38.0 Å². The van der Waals surface area contributed by atoms with E-state index in [9.17, 15) is 0 Å². The number of aryl methyl sites for hydroxylation is 1. The minimum atomic E-state index is 0. The first-order chi connectivity index (χ1) is 13.7. The molecule has 3 aromatic rings. The van der Waals surface area contributed by atoms with Gasteiger partial charge in [-0.3, -0.25) is 9.80 Å². The molecular weight excluding hydrogens is 451 g/mol. The van der Waals surface area contributed by atoms with Crippen LogP contribution in [0.25, 0.3) is 0 Å². The van der Waals surface area contributed by atoms with Crippen LogP contribution < -0.4 is 0 Å². The van der Waals surface area contributed by atoms with Gasteiger partial charge in [-0.05, 0) is 41.3 Å². The summed E-state index contributed by atoms with van der Waals surface area (Å²) in [5, 5.41) is 0.790. The fourth-order valence-electron chi connectivity index (χ4n) is 4.10. The number of piperazine rings is 1. The number of rotatable bonds is 5. The van der Waals surface area contributed by atoms with Crippen LogP contribution in [-0.2, 0) is 6.54 Å². The number of benzene rings is 3. The molecule has 3 aromatic carbocycles. The molecule has 3 nitrogen and oxygen atoms in total. The molecule has 1 unspecified atom stereocenters. The van der Waals surface area contributed by atoms with Crippen LogP contribution >= 0.6 is 36.4 Å². The second-order valence-corrected chi connectivity index (χ2v) is 8.04. The highest BCUT2D eigenvalue weighted by Crippen LogP contribution is 2.30. The smallest absolute Gasteiger partial charge is 0.0602 e. The van der Waals surface area contributed by atoms with Crippen LogP contribution in [0.2, 0.25) is 5.02 Å². The summed E-state index contributed by atoms with van der Waals surface area (Å²) in [4.78, 5) is 5.18. The third kappa shape index (κ3) is 6.95. The van der Waals surface area contributed by atoms with Gasteiger partial charge < -0.3 is 5.48 Å². The van der Waals surface area contributed by atoms with Crippen LogP contribution in [0.15, 0.2) is 78.9 Å². The fourth-order valence-corrected chi connectivity index (χ4v) is 4.23. The zero-order chi connectivity index (χ0) is 19.3. The molecule has 4 rings (SSSR count). The van der Waals surface area contributed by atoms with Crippen molar-refractivity contribution in [1.29, 1.82) is 0 Å². The Kier molecular flexibility index (Phi) is 11.6. The maximum Gasteiger partial charge on any atom is 0.0602 e. The van der Waals surface area contributed by atoms with Crippen LogP contribution in [-0.4, -0.2) is 41.5 Å². The molecule has 6 heteroatoms. The van der Waals surface area contributed by atoms with Gasteiger partial charge in [-0.2, -0.15) is 0 Å². The highest BCUT2D eigenvalue weighted by atomic mass is 35.5. The van der Waals surface area contributed by atoms with Crippen molar-refractivity contribution < 1.29 is 5.48 Å². The van der Waals surface area contributed by atoms with Gasteiger partial charge >= 0.3 is 0 Å². The molecule has 1 heterocycles. The van der Waals surface area contributed by atoms with Gasteiger partial charge in [0.05, 0.1) is 6.04 Å². The van der Waals surface area contributed by atoms with Crippen LogP contribution in [0.4, 0.5) is 0 Å². The predicted molar refractivity (Wildman–Crippen MR) is 136 cm³/mol. The summed E-state index contributed by atoms with van der Waals surface area (Å²) >= 11 is 6.14. The van der Waals surface area contributed by atoms with E-state index in [0.29, 0.717) is 0 Å². The molecule has 0 bridgehead atoms. The average Bonchev–Trinajstić information content (AvgIpc) is 2.73. The summed E-state index contributed by atoms with van der Waals surface area (Å²) in [5.74, 6) is 0. The number of hydrogen-bond donors (Lipinski definition) is 0. The Morgan fingerprint density at radius 1 is 0.742 bits per heavy atom. The van der Waals surface area contributed by atoms with Gasteiger partial charge in [0.2, 0.25) is 0 Å². The van der Waals surface area contributed by atoms with E-state index in [2.05, 4.69) is 83.5 Å². The molecule has 0 aliphatic carbocycles. The fraction of sp³-hybridized carbons (Fsp3) is 0.280. The van der Waals surface area contributed by atoms with Crippen LogP contribution in [0.1, 0.15) is 28.3 Å². The van der Waals surface area contributed by atoms with Crippen molar-refractivity contribution >= 4 is 36.4 Å². The van der Waals surface area contributed by atoms with E-state index in [1.807, 2.05) is 12.1 Å². The van der Waals surface area contributed by atoms with Gasteiger partial charge in [0.25, 0.3) is 0 Å². The van der Waals surface area contributed by atoms with Crippen LogP contribution in [0.3, 0.4) is 0 Å². The largest absolute Gasteiger partial charge is 0.412 e. The Morgan fingerprint density at radius 3 is 1.90 bits per heavy atom. The molecule has 2 N–H and O–H groups in total. The highest BCUT2D eigenvalue weighted by Gasteiger charge is 2.26. The maximum atomic E-state index is 6.14. The van der Waals surface area contributed by atoms with Gasteiger partial charge in [0.1, 0.15) is 0 Å². The third-order valence-corrected chi connectivity index (χ3v) is 5.98. The molecule has 1 aliphatic heterocycles. The predicted octanol–water partition coefficient (Wildman–Crippen LogP) is 5.57. The standard InChI is InChI=1S/C25H27ClN2.2ClH.H2O/c1-20-7-5-6-10-23(20)19-27-15-17-28(18-16-27)25(21-8-3-2-4-9-21)22-11-13-24(26)14-12-22;;;/h2-14,25H,15-19H2,1H3;2*1H;1H2. The Bertz CT molecular complexity index is 898. The van der Waals surface area contributed by atoms with Gasteiger partial charge in [-0.15, -0.1) is 24.8 Å². The first kappa shape index (κ1) is 27.4. The molecular formula is C25H31Cl3N2O. The molecule has 1 fully saturated rings. The van der Waals surface area contributed by atoms with Gasteiger partial charge in [-0.1, -0.05) is 78.3 Å². The minimum Gasteiger partial charge on any atom is -0.412 e. The van der Waals surface area contributed by atoms with Gasteiger partial charge in [0, 0.05) is 37.7 Å². The lowest BCUT2D eigenvalue weighted by molar-refractivity contribution is 0.105. The number of hydrogen-bond acceptors (Lipinski definition) is 2. The lowest BCUT2D eigenvalue weighted by Crippen LogP contribution is -2.47. The lowest BCUT2D eigenvalue weighted by atomic mass is 9.96. The normalized spacial score (nSPS) is 15.2. The molecule has 1 saturated heterocycles. The summed E-state index contributed by atoms with van der Waals surface area (Å²) in [6.45, 7) is 7.55. The summed E-state index contributed by atoms with van der Waals surface area (Å²) in [6.07, 6.45) is 0. The molecule has 0 radical (unpaired) electrons. The third-order valence-electron chi connectivity index (χ3n) is 5.73. The molecule has 31 heavy (non-hydrogen) atoms. The molecule has 168 valence electrons. The van der Waals surface area contributed by atoms with E-state index in [4.69, 9.17) is 11.6 Å². The van der Waals surface area contributed by atoms with Crippen molar-refractivity contribution in [3.63, 3.8) is 0 Å². The molecule has 1 aliphatic rings. The molecule has 0 amide bonds. The zero-order valence-corrected chi connectivity index (χ0v) is 20.1. The first-order valence-corrected chi connectivity index (χ1v) is 10.4.